The van der Waals surface area contributed by atoms with Gasteiger partial charge in [-0.25, -0.2) is 0 Å². The highest BCUT2D eigenvalue weighted by molar-refractivity contribution is 6.05. The predicted molar refractivity (Wildman–Crippen MR) is 49.3 cm³/mol. The first-order chi connectivity index (χ1) is 6.58. The average Bonchev–Trinajstić information content (AvgIpc) is 1.99. The second kappa shape index (κ2) is 2.77. The molecule has 0 aliphatic heterocycles. The Bertz CT molecular complexity index is 446. The number of ketones is 1. The molecule has 0 radical (unpaired) electrons. The number of hydrogen-bond donors (Lipinski definition) is 3. The lowest BCUT2D eigenvalue weighted by atomic mass is 9.94. The van der Waals surface area contributed by atoms with E-state index in [9.17, 15) is 15.0 Å². The van der Waals surface area contributed by atoms with Gasteiger partial charge in [0.15, 0.2) is 5.78 Å². The molecule has 72 valence electrons. The second-order valence-corrected chi connectivity index (χ2v) is 3.16. The fourth-order valence-corrected chi connectivity index (χ4v) is 1.53. The van der Waals surface area contributed by atoms with E-state index in [2.05, 4.69) is 0 Å². The molecular formula is C10H8O4. The van der Waals surface area contributed by atoms with Crippen molar-refractivity contribution in [3.63, 3.8) is 0 Å². The number of aromatic hydroxyl groups is 2. The Kier molecular flexibility index (Phi) is 1.70. The Balaban J connectivity index is 2.71. The first kappa shape index (κ1) is 8.62. The van der Waals surface area contributed by atoms with Crippen molar-refractivity contribution in [3.8, 4) is 11.5 Å². The number of phenols is 2. The van der Waals surface area contributed by atoms with Crippen molar-refractivity contribution in [1.82, 2.24) is 0 Å². The van der Waals surface area contributed by atoms with Crippen LogP contribution in [0.2, 0.25) is 0 Å². The summed E-state index contributed by atoms with van der Waals surface area (Å²) in [6.45, 7) is 0. The van der Waals surface area contributed by atoms with Crippen LogP contribution in [0.3, 0.4) is 0 Å². The van der Waals surface area contributed by atoms with Gasteiger partial charge < -0.3 is 15.3 Å². The molecular weight excluding hydrogens is 184 g/mol. The molecule has 1 aliphatic rings. The minimum absolute atomic E-state index is 0.0625. The summed E-state index contributed by atoms with van der Waals surface area (Å²) < 4.78 is 0. The van der Waals surface area contributed by atoms with Gasteiger partial charge in [0.1, 0.15) is 17.3 Å². The molecule has 0 fully saturated rings. The van der Waals surface area contributed by atoms with E-state index in [1.807, 2.05) is 0 Å². The Hall–Kier alpha value is -1.97. The van der Waals surface area contributed by atoms with Crippen LogP contribution in [0.15, 0.2) is 17.9 Å². The number of phenolic OH excluding ortho intramolecular Hbond substituents is 2. The molecule has 0 unspecified atom stereocenters. The number of aliphatic hydroxyl groups is 1. The number of Topliss-reactive ketones (excluding diaryl/α,β-unsaturated/α-hetero) is 1. The zero-order valence-corrected chi connectivity index (χ0v) is 7.19. The first-order valence-corrected chi connectivity index (χ1v) is 4.06. The van der Waals surface area contributed by atoms with E-state index in [1.54, 1.807) is 0 Å². The molecule has 2 rings (SSSR count). The van der Waals surface area contributed by atoms with Gasteiger partial charge in [0.05, 0.1) is 12.0 Å². The van der Waals surface area contributed by atoms with E-state index >= 15 is 0 Å². The fourth-order valence-electron chi connectivity index (χ4n) is 1.53. The molecule has 3 N–H and O–H groups in total. The van der Waals surface area contributed by atoms with Crippen LogP contribution in [-0.4, -0.2) is 21.1 Å². The summed E-state index contributed by atoms with van der Waals surface area (Å²) in [5.41, 5.74) is 0.497. The predicted octanol–water partition coefficient (Wildman–Crippen LogP) is 1.58. The summed E-state index contributed by atoms with van der Waals surface area (Å²) in [6.07, 6.45) is 1.25. The SMILES string of the molecule is O=C1CC(O)=Cc2cc(O)cc(O)c21. The van der Waals surface area contributed by atoms with Gasteiger partial charge in [-0.15, -0.1) is 0 Å². The minimum atomic E-state index is -0.350. The van der Waals surface area contributed by atoms with Crippen LogP contribution in [0.1, 0.15) is 22.3 Å². The minimum Gasteiger partial charge on any atom is -0.512 e. The number of fused-ring (bicyclic) bond motifs is 1. The number of hydrogen-bond acceptors (Lipinski definition) is 4. The third kappa shape index (κ3) is 1.21. The van der Waals surface area contributed by atoms with Gasteiger partial charge in [0.2, 0.25) is 0 Å². The molecule has 1 aromatic carbocycles. The molecule has 4 heteroatoms. The zero-order valence-electron chi connectivity index (χ0n) is 7.19. The van der Waals surface area contributed by atoms with Crippen LogP contribution in [0.25, 0.3) is 6.08 Å². The van der Waals surface area contributed by atoms with Crippen LogP contribution in [0.5, 0.6) is 11.5 Å². The lowest BCUT2D eigenvalue weighted by Crippen LogP contribution is -2.08. The molecule has 0 atom stereocenters. The molecule has 14 heavy (non-hydrogen) atoms. The summed E-state index contributed by atoms with van der Waals surface area (Å²) in [5, 5.41) is 27.7. The highest BCUT2D eigenvalue weighted by Gasteiger charge is 2.22. The van der Waals surface area contributed by atoms with Crippen molar-refractivity contribution in [3.05, 3.63) is 29.0 Å². The van der Waals surface area contributed by atoms with Crippen molar-refractivity contribution in [2.24, 2.45) is 0 Å². The Morgan fingerprint density at radius 2 is 1.86 bits per heavy atom. The van der Waals surface area contributed by atoms with E-state index in [0.717, 1.165) is 6.07 Å². The van der Waals surface area contributed by atoms with Gasteiger partial charge in [-0.05, 0) is 17.7 Å². The number of rotatable bonds is 0. The van der Waals surface area contributed by atoms with Gasteiger partial charge >= 0.3 is 0 Å². The normalized spacial score (nSPS) is 14.9. The topological polar surface area (TPSA) is 77.8 Å². The summed E-state index contributed by atoms with van der Waals surface area (Å²) in [4.78, 5) is 11.4. The zero-order chi connectivity index (χ0) is 10.3. The summed E-state index contributed by atoms with van der Waals surface area (Å²) in [5.74, 6) is -0.807. The number of allylic oxidation sites excluding steroid dienone is 1. The van der Waals surface area contributed by atoms with Gasteiger partial charge in [0.25, 0.3) is 0 Å². The number of carbonyl (C=O) groups excluding carboxylic acids is 1. The lowest BCUT2D eigenvalue weighted by molar-refractivity contribution is 0.0975. The average molecular weight is 192 g/mol. The summed E-state index contributed by atoms with van der Waals surface area (Å²) >= 11 is 0. The monoisotopic (exact) mass is 192 g/mol. The van der Waals surface area contributed by atoms with Gasteiger partial charge in [-0.3, -0.25) is 4.79 Å². The maximum Gasteiger partial charge on any atom is 0.174 e. The summed E-state index contributed by atoms with van der Waals surface area (Å²) in [7, 11) is 0. The third-order valence-corrected chi connectivity index (χ3v) is 2.08. The molecule has 0 aromatic heterocycles. The molecule has 0 saturated heterocycles. The highest BCUT2D eigenvalue weighted by Crippen LogP contribution is 2.33. The Labute approximate surface area is 79.7 Å². The van der Waals surface area contributed by atoms with E-state index in [1.165, 1.54) is 12.1 Å². The van der Waals surface area contributed by atoms with Crippen molar-refractivity contribution >= 4 is 11.9 Å². The van der Waals surface area contributed by atoms with E-state index < -0.39 is 0 Å². The molecule has 0 spiro atoms. The number of aliphatic hydroxyl groups excluding tert-OH is 1. The molecule has 4 nitrogen and oxygen atoms in total. The van der Waals surface area contributed by atoms with Crippen LogP contribution in [0.4, 0.5) is 0 Å². The molecule has 0 amide bonds. The van der Waals surface area contributed by atoms with Crippen LogP contribution >= 0.6 is 0 Å². The maximum atomic E-state index is 11.4. The summed E-state index contributed by atoms with van der Waals surface area (Å²) in [6, 6.07) is 2.43. The van der Waals surface area contributed by atoms with Gasteiger partial charge in [-0.2, -0.15) is 0 Å². The van der Waals surface area contributed by atoms with Gasteiger partial charge in [-0.1, -0.05) is 0 Å². The number of carbonyl (C=O) groups is 1. The smallest absolute Gasteiger partial charge is 0.174 e. The lowest BCUT2D eigenvalue weighted by Gasteiger charge is -2.13. The van der Waals surface area contributed by atoms with Crippen LogP contribution in [0, 0.1) is 0 Å². The van der Waals surface area contributed by atoms with Crippen LogP contribution in [-0.2, 0) is 0 Å². The largest absolute Gasteiger partial charge is 0.512 e. The van der Waals surface area contributed by atoms with E-state index in [-0.39, 0.29) is 35.0 Å². The van der Waals surface area contributed by atoms with Crippen molar-refractivity contribution < 1.29 is 20.1 Å². The van der Waals surface area contributed by atoms with Crippen molar-refractivity contribution in [1.29, 1.82) is 0 Å². The fraction of sp³-hybridized carbons (Fsp3) is 0.100. The molecule has 0 bridgehead atoms. The molecule has 0 saturated carbocycles. The molecule has 0 heterocycles. The Morgan fingerprint density at radius 3 is 2.57 bits per heavy atom. The van der Waals surface area contributed by atoms with Gasteiger partial charge in [0, 0.05) is 6.07 Å². The Morgan fingerprint density at radius 1 is 1.14 bits per heavy atom. The van der Waals surface area contributed by atoms with E-state index in [0.29, 0.717) is 5.56 Å². The molecule has 1 aliphatic carbocycles. The highest BCUT2D eigenvalue weighted by atomic mass is 16.3. The molecule has 1 aromatic rings. The van der Waals surface area contributed by atoms with E-state index in [4.69, 9.17) is 5.11 Å². The standard InChI is InChI=1S/C10H8O4/c11-6-1-5-2-7(12)4-9(14)10(5)8(13)3-6/h1-3,11-13H,4H2. The first-order valence-electron chi connectivity index (χ1n) is 4.06. The number of benzene rings is 1. The second-order valence-electron chi connectivity index (χ2n) is 3.16. The van der Waals surface area contributed by atoms with Crippen LogP contribution < -0.4 is 0 Å². The maximum absolute atomic E-state index is 11.4. The van der Waals surface area contributed by atoms with Crippen molar-refractivity contribution in [2.45, 2.75) is 6.42 Å². The quantitative estimate of drug-likeness (QED) is 0.583. The van der Waals surface area contributed by atoms with Crippen molar-refractivity contribution in [2.75, 3.05) is 0 Å². The third-order valence-electron chi connectivity index (χ3n) is 2.08.